The number of hydrogen-bond donors (Lipinski definition) is 1. The van der Waals surface area contributed by atoms with Crippen LogP contribution in [0.1, 0.15) is 22.5 Å². The van der Waals surface area contributed by atoms with E-state index in [2.05, 4.69) is 36.2 Å². The van der Waals surface area contributed by atoms with Crippen LogP contribution in [0.2, 0.25) is 0 Å². The highest BCUT2D eigenvalue weighted by molar-refractivity contribution is 5.95. The second-order valence-corrected chi connectivity index (χ2v) is 5.58. The third kappa shape index (κ3) is 1.96. The summed E-state index contributed by atoms with van der Waals surface area (Å²) in [5.74, 6) is 1.67. The predicted molar refractivity (Wildman–Crippen MR) is 80.1 cm³/mol. The van der Waals surface area contributed by atoms with Crippen molar-refractivity contribution in [1.29, 1.82) is 0 Å². The lowest BCUT2D eigenvalue weighted by molar-refractivity contribution is 0.0646. The maximum atomic E-state index is 12.2. The first-order valence-corrected chi connectivity index (χ1v) is 7.22. The number of nitrogens with zero attached hydrogens (tertiary/aromatic N) is 2. The number of benzene rings is 1. The molecule has 1 aromatic heterocycles. The summed E-state index contributed by atoms with van der Waals surface area (Å²) in [6, 6.07) is 10.1. The van der Waals surface area contributed by atoms with E-state index in [0.29, 0.717) is 12.4 Å². The van der Waals surface area contributed by atoms with Crippen LogP contribution in [0.25, 0.3) is 0 Å². The number of rotatable bonds is 2. The fraction of sp³-hybridized carbons (Fsp3) is 0.312. The van der Waals surface area contributed by atoms with E-state index in [1.54, 1.807) is 0 Å². The van der Waals surface area contributed by atoms with E-state index < -0.39 is 0 Å². The van der Waals surface area contributed by atoms with Crippen molar-refractivity contribution in [3.8, 4) is 5.75 Å². The third-order valence-electron chi connectivity index (χ3n) is 4.10. The molecular weight excluding hydrogens is 266 g/mol. The van der Waals surface area contributed by atoms with Gasteiger partial charge in [-0.25, -0.2) is 0 Å². The second-order valence-electron chi connectivity index (χ2n) is 5.58. The van der Waals surface area contributed by atoms with Crippen LogP contribution in [0, 0.1) is 6.92 Å². The molecule has 0 radical (unpaired) electrons. The summed E-state index contributed by atoms with van der Waals surface area (Å²) >= 11 is 0. The average molecular weight is 283 g/mol. The minimum absolute atomic E-state index is 0.0584. The monoisotopic (exact) mass is 283 g/mol. The highest BCUT2D eigenvalue weighted by Crippen LogP contribution is 2.39. The van der Waals surface area contributed by atoms with E-state index in [9.17, 15) is 4.79 Å². The van der Waals surface area contributed by atoms with Crippen LogP contribution in [-0.2, 0) is 0 Å². The zero-order chi connectivity index (χ0) is 14.4. The van der Waals surface area contributed by atoms with E-state index in [-0.39, 0.29) is 5.91 Å². The van der Waals surface area contributed by atoms with Crippen LogP contribution in [-0.4, -0.2) is 35.6 Å². The van der Waals surface area contributed by atoms with Crippen LogP contribution in [0.3, 0.4) is 0 Å². The fourth-order valence-electron chi connectivity index (χ4n) is 2.67. The van der Waals surface area contributed by atoms with Crippen molar-refractivity contribution >= 4 is 17.4 Å². The number of hydrogen-bond acceptors (Lipinski definition) is 3. The van der Waals surface area contributed by atoms with Crippen LogP contribution in [0.15, 0.2) is 30.3 Å². The molecular formula is C16H17N3O2. The first-order chi connectivity index (χ1) is 10.2. The SMILES string of the molecule is Cc1ccc(N2COc3cc(C(=O)N4CCC4)[nH]c32)cc1. The number of amides is 1. The Kier molecular flexibility index (Phi) is 2.67. The van der Waals surface area contributed by atoms with Crippen molar-refractivity contribution in [2.75, 3.05) is 24.7 Å². The first kappa shape index (κ1) is 12.3. The fourth-order valence-corrected chi connectivity index (χ4v) is 2.67. The number of carbonyl (C=O) groups is 1. The molecule has 4 rings (SSSR count). The lowest BCUT2D eigenvalue weighted by atomic mass is 10.2. The molecule has 0 saturated carbocycles. The maximum absolute atomic E-state index is 12.2. The Balaban J connectivity index is 1.63. The molecule has 2 aliphatic heterocycles. The molecule has 1 N–H and O–H groups in total. The molecule has 0 atom stereocenters. The van der Waals surface area contributed by atoms with Gasteiger partial charge in [-0.2, -0.15) is 0 Å². The molecule has 0 bridgehead atoms. The molecule has 0 aliphatic carbocycles. The van der Waals surface area contributed by atoms with Crippen molar-refractivity contribution in [3.05, 3.63) is 41.6 Å². The Morgan fingerprint density at radius 2 is 2.00 bits per heavy atom. The van der Waals surface area contributed by atoms with Crippen LogP contribution >= 0.6 is 0 Å². The zero-order valence-electron chi connectivity index (χ0n) is 11.9. The van der Waals surface area contributed by atoms with Gasteiger partial charge in [-0.05, 0) is 25.5 Å². The zero-order valence-corrected chi connectivity index (χ0v) is 11.9. The van der Waals surface area contributed by atoms with E-state index in [4.69, 9.17) is 4.74 Å². The third-order valence-corrected chi connectivity index (χ3v) is 4.10. The van der Waals surface area contributed by atoms with Gasteiger partial charge < -0.3 is 14.6 Å². The Morgan fingerprint density at radius 1 is 1.24 bits per heavy atom. The summed E-state index contributed by atoms with van der Waals surface area (Å²) in [6.45, 7) is 4.24. The van der Waals surface area contributed by atoms with Gasteiger partial charge in [0.2, 0.25) is 0 Å². The molecule has 1 amide bonds. The molecule has 2 aliphatic rings. The minimum Gasteiger partial charge on any atom is -0.469 e. The Hall–Kier alpha value is -2.43. The molecule has 1 saturated heterocycles. The average Bonchev–Trinajstić information content (AvgIpc) is 2.97. The number of aromatic nitrogens is 1. The molecule has 5 nitrogen and oxygen atoms in total. The lowest BCUT2D eigenvalue weighted by Crippen LogP contribution is -2.42. The number of carbonyl (C=O) groups excluding carboxylic acids is 1. The van der Waals surface area contributed by atoms with Gasteiger partial charge in [0, 0.05) is 24.8 Å². The van der Waals surface area contributed by atoms with Crippen molar-refractivity contribution in [1.82, 2.24) is 9.88 Å². The molecule has 0 unspecified atom stereocenters. The van der Waals surface area contributed by atoms with E-state index >= 15 is 0 Å². The van der Waals surface area contributed by atoms with Crippen LogP contribution in [0.4, 0.5) is 11.5 Å². The molecule has 3 heterocycles. The van der Waals surface area contributed by atoms with Crippen LogP contribution < -0.4 is 9.64 Å². The number of fused-ring (bicyclic) bond motifs is 1. The Morgan fingerprint density at radius 3 is 2.67 bits per heavy atom. The number of H-pyrrole nitrogens is 1. The predicted octanol–water partition coefficient (Wildman–Crippen LogP) is 2.66. The smallest absolute Gasteiger partial charge is 0.270 e. The standard InChI is InChI=1S/C16H17N3O2/c1-11-3-5-12(6-4-11)19-10-21-14-9-13(17-15(14)19)16(20)18-7-2-8-18/h3-6,9,17H,2,7-8,10H2,1H3. The molecule has 0 spiro atoms. The van der Waals surface area contributed by atoms with E-state index in [0.717, 1.165) is 36.8 Å². The summed E-state index contributed by atoms with van der Waals surface area (Å²) in [7, 11) is 0. The number of ether oxygens (including phenoxy) is 1. The van der Waals surface area contributed by atoms with Crippen molar-refractivity contribution in [2.24, 2.45) is 0 Å². The largest absolute Gasteiger partial charge is 0.469 e. The second kappa shape index (κ2) is 4.55. The Bertz CT molecular complexity index is 686. The van der Waals surface area contributed by atoms with Crippen molar-refractivity contribution < 1.29 is 9.53 Å². The van der Waals surface area contributed by atoms with Gasteiger partial charge in [0.05, 0.1) is 0 Å². The topological polar surface area (TPSA) is 48.6 Å². The molecule has 2 aromatic rings. The van der Waals surface area contributed by atoms with Gasteiger partial charge in [-0.3, -0.25) is 9.69 Å². The van der Waals surface area contributed by atoms with E-state index in [1.807, 2.05) is 15.9 Å². The number of aryl methyl sites for hydroxylation is 1. The van der Waals surface area contributed by atoms with Gasteiger partial charge in [0.1, 0.15) is 5.69 Å². The number of anilines is 2. The van der Waals surface area contributed by atoms with Gasteiger partial charge in [0.25, 0.3) is 5.91 Å². The number of aromatic amines is 1. The van der Waals surface area contributed by atoms with Crippen molar-refractivity contribution in [2.45, 2.75) is 13.3 Å². The van der Waals surface area contributed by atoms with E-state index in [1.165, 1.54) is 5.56 Å². The summed E-state index contributed by atoms with van der Waals surface area (Å²) < 4.78 is 5.68. The van der Waals surface area contributed by atoms with Gasteiger partial charge in [0.15, 0.2) is 18.3 Å². The number of likely N-dealkylation sites (tertiary alicyclic amines) is 1. The number of nitrogens with one attached hydrogen (secondary N) is 1. The molecule has 21 heavy (non-hydrogen) atoms. The lowest BCUT2D eigenvalue weighted by Gasteiger charge is -2.30. The van der Waals surface area contributed by atoms with Crippen LogP contribution in [0.5, 0.6) is 5.75 Å². The first-order valence-electron chi connectivity index (χ1n) is 7.22. The highest BCUT2D eigenvalue weighted by Gasteiger charge is 2.29. The molecule has 108 valence electrons. The molecule has 5 heteroatoms. The molecule has 1 aromatic carbocycles. The van der Waals surface area contributed by atoms with Gasteiger partial charge in [-0.15, -0.1) is 0 Å². The van der Waals surface area contributed by atoms with Gasteiger partial charge in [-0.1, -0.05) is 17.7 Å². The Labute approximate surface area is 123 Å². The van der Waals surface area contributed by atoms with Gasteiger partial charge >= 0.3 is 0 Å². The highest BCUT2D eigenvalue weighted by atomic mass is 16.5. The molecule has 1 fully saturated rings. The normalized spacial score (nSPS) is 16.4. The summed E-state index contributed by atoms with van der Waals surface area (Å²) in [4.78, 5) is 19.3. The summed E-state index contributed by atoms with van der Waals surface area (Å²) in [5, 5.41) is 0. The van der Waals surface area contributed by atoms with Crippen molar-refractivity contribution in [3.63, 3.8) is 0 Å². The minimum atomic E-state index is 0.0584. The quantitative estimate of drug-likeness (QED) is 0.921. The summed E-state index contributed by atoms with van der Waals surface area (Å²) in [5.41, 5.74) is 2.89. The summed E-state index contributed by atoms with van der Waals surface area (Å²) in [6.07, 6.45) is 1.10. The maximum Gasteiger partial charge on any atom is 0.270 e.